The Hall–Kier alpha value is -3.63. The molecule has 1 heterocycles. The SMILES string of the molecule is COc1ccc(-n2c(SCC(=O)NN=Cc3ccc(OC)c(Br)c3)nc3ccccc3c2=O)cc1. The first-order chi connectivity index (χ1) is 17.0. The fourth-order valence-corrected chi connectivity index (χ4v) is 4.64. The van der Waals surface area contributed by atoms with E-state index in [-0.39, 0.29) is 17.2 Å². The predicted molar refractivity (Wildman–Crippen MR) is 141 cm³/mol. The summed E-state index contributed by atoms with van der Waals surface area (Å²) in [5.41, 5.74) is 4.27. The molecule has 0 unspecified atom stereocenters. The van der Waals surface area contributed by atoms with Crippen LogP contribution in [0.15, 0.2) is 86.3 Å². The van der Waals surface area contributed by atoms with Crippen LogP contribution in [0.4, 0.5) is 0 Å². The molecule has 3 aromatic carbocycles. The third kappa shape index (κ3) is 5.72. The van der Waals surface area contributed by atoms with Crippen LogP contribution >= 0.6 is 27.7 Å². The lowest BCUT2D eigenvalue weighted by atomic mass is 10.2. The van der Waals surface area contributed by atoms with Gasteiger partial charge in [-0.15, -0.1) is 0 Å². The first kappa shape index (κ1) is 24.5. The molecule has 0 saturated carbocycles. The van der Waals surface area contributed by atoms with Gasteiger partial charge in [0.15, 0.2) is 5.16 Å². The van der Waals surface area contributed by atoms with Gasteiger partial charge in [-0.25, -0.2) is 10.4 Å². The van der Waals surface area contributed by atoms with Crippen molar-refractivity contribution in [2.45, 2.75) is 5.16 Å². The van der Waals surface area contributed by atoms with Crippen LogP contribution in [0.25, 0.3) is 16.6 Å². The summed E-state index contributed by atoms with van der Waals surface area (Å²) in [6.07, 6.45) is 1.54. The number of carbonyl (C=O) groups is 1. The number of methoxy groups -OCH3 is 2. The van der Waals surface area contributed by atoms with Crippen LogP contribution in [-0.4, -0.2) is 41.6 Å². The number of ether oxygens (including phenoxy) is 2. The molecule has 1 amide bonds. The second kappa shape index (κ2) is 11.2. The number of aromatic nitrogens is 2. The van der Waals surface area contributed by atoms with Gasteiger partial charge in [-0.3, -0.25) is 14.2 Å². The molecule has 0 saturated heterocycles. The van der Waals surface area contributed by atoms with Gasteiger partial charge >= 0.3 is 0 Å². The number of amides is 1. The van der Waals surface area contributed by atoms with Crippen molar-refractivity contribution in [3.63, 3.8) is 0 Å². The van der Waals surface area contributed by atoms with Crippen LogP contribution in [0.1, 0.15) is 5.56 Å². The molecule has 1 aromatic heterocycles. The minimum atomic E-state index is -0.331. The number of hydrogen-bond acceptors (Lipinski definition) is 7. The van der Waals surface area contributed by atoms with Gasteiger partial charge in [0, 0.05) is 0 Å². The number of nitrogens with zero attached hydrogens (tertiary/aromatic N) is 3. The zero-order valence-corrected chi connectivity index (χ0v) is 21.3. The second-order valence-electron chi connectivity index (χ2n) is 7.23. The van der Waals surface area contributed by atoms with E-state index in [1.807, 2.05) is 18.2 Å². The van der Waals surface area contributed by atoms with Crippen molar-refractivity contribution in [3.8, 4) is 17.2 Å². The van der Waals surface area contributed by atoms with E-state index in [4.69, 9.17) is 9.47 Å². The minimum Gasteiger partial charge on any atom is -0.497 e. The maximum absolute atomic E-state index is 13.3. The zero-order chi connectivity index (χ0) is 24.8. The Kier molecular flexibility index (Phi) is 7.84. The average Bonchev–Trinajstić information content (AvgIpc) is 2.88. The molecule has 4 rings (SSSR count). The maximum Gasteiger partial charge on any atom is 0.266 e. The number of nitrogens with one attached hydrogen (secondary N) is 1. The highest BCUT2D eigenvalue weighted by Crippen LogP contribution is 2.25. The third-order valence-corrected chi connectivity index (χ3v) is 6.54. The van der Waals surface area contributed by atoms with Crippen molar-refractivity contribution >= 4 is 50.7 Å². The molecule has 0 fully saturated rings. The van der Waals surface area contributed by atoms with Gasteiger partial charge in [-0.1, -0.05) is 23.9 Å². The second-order valence-corrected chi connectivity index (χ2v) is 9.02. The Labute approximate surface area is 214 Å². The van der Waals surface area contributed by atoms with Gasteiger partial charge in [0.25, 0.3) is 11.5 Å². The van der Waals surface area contributed by atoms with Crippen LogP contribution in [0.5, 0.6) is 11.5 Å². The number of halogens is 1. The molecule has 10 heteroatoms. The Balaban J connectivity index is 1.53. The van der Waals surface area contributed by atoms with E-state index in [1.54, 1.807) is 62.8 Å². The van der Waals surface area contributed by atoms with Crippen molar-refractivity contribution < 1.29 is 14.3 Å². The van der Waals surface area contributed by atoms with E-state index in [2.05, 4.69) is 31.4 Å². The van der Waals surface area contributed by atoms with E-state index in [1.165, 1.54) is 10.8 Å². The van der Waals surface area contributed by atoms with Crippen molar-refractivity contribution in [1.82, 2.24) is 15.0 Å². The topological polar surface area (TPSA) is 94.8 Å². The molecule has 0 spiro atoms. The molecule has 178 valence electrons. The summed E-state index contributed by atoms with van der Waals surface area (Å²) in [4.78, 5) is 30.4. The molecule has 1 N–H and O–H groups in total. The quantitative estimate of drug-likeness (QED) is 0.150. The first-order valence-corrected chi connectivity index (χ1v) is 12.2. The first-order valence-electron chi connectivity index (χ1n) is 10.4. The van der Waals surface area contributed by atoms with Crippen molar-refractivity contribution in [1.29, 1.82) is 0 Å². The summed E-state index contributed by atoms with van der Waals surface area (Å²) in [6, 6.07) is 19.7. The highest BCUT2D eigenvalue weighted by Gasteiger charge is 2.15. The number of carbonyl (C=O) groups excluding carboxylic acids is 1. The molecule has 0 radical (unpaired) electrons. The van der Waals surface area contributed by atoms with E-state index >= 15 is 0 Å². The maximum atomic E-state index is 13.3. The summed E-state index contributed by atoms with van der Waals surface area (Å²) in [5, 5.41) is 4.91. The van der Waals surface area contributed by atoms with Crippen LogP contribution in [-0.2, 0) is 4.79 Å². The van der Waals surface area contributed by atoms with E-state index < -0.39 is 0 Å². The van der Waals surface area contributed by atoms with Crippen LogP contribution in [0.3, 0.4) is 0 Å². The summed E-state index contributed by atoms with van der Waals surface area (Å²) >= 11 is 4.57. The smallest absolute Gasteiger partial charge is 0.266 e. The number of hydrogen-bond donors (Lipinski definition) is 1. The summed E-state index contributed by atoms with van der Waals surface area (Å²) < 4.78 is 12.7. The Morgan fingerprint density at radius 3 is 2.60 bits per heavy atom. The number of hydrazone groups is 1. The number of fused-ring (bicyclic) bond motifs is 1. The summed E-state index contributed by atoms with van der Waals surface area (Å²) in [5.74, 6) is 1.06. The largest absolute Gasteiger partial charge is 0.497 e. The molecule has 8 nitrogen and oxygen atoms in total. The lowest BCUT2D eigenvalue weighted by Crippen LogP contribution is -2.24. The number of thioether (sulfide) groups is 1. The van der Waals surface area contributed by atoms with E-state index in [9.17, 15) is 9.59 Å². The van der Waals surface area contributed by atoms with Crippen molar-refractivity contribution in [2.75, 3.05) is 20.0 Å². The Morgan fingerprint density at radius 1 is 1.11 bits per heavy atom. The van der Waals surface area contributed by atoms with Gasteiger partial charge in [-0.05, 0) is 76.1 Å². The Morgan fingerprint density at radius 2 is 1.89 bits per heavy atom. The van der Waals surface area contributed by atoms with E-state index in [0.717, 1.165) is 21.8 Å². The normalized spacial score (nSPS) is 11.1. The third-order valence-electron chi connectivity index (χ3n) is 4.99. The van der Waals surface area contributed by atoms with Gasteiger partial charge < -0.3 is 9.47 Å². The van der Waals surface area contributed by atoms with Gasteiger partial charge in [0.2, 0.25) is 0 Å². The fraction of sp³-hybridized carbons (Fsp3) is 0.120. The van der Waals surface area contributed by atoms with E-state index in [0.29, 0.717) is 33.2 Å². The lowest BCUT2D eigenvalue weighted by molar-refractivity contribution is -0.118. The molecule has 0 atom stereocenters. The van der Waals surface area contributed by atoms with Gasteiger partial charge in [0.05, 0.1) is 47.3 Å². The van der Waals surface area contributed by atoms with Gasteiger partial charge in [-0.2, -0.15) is 5.10 Å². The molecule has 0 bridgehead atoms. The number of rotatable bonds is 8. The average molecular weight is 553 g/mol. The number of benzene rings is 3. The number of para-hydroxylation sites is 1. The van der Waals surface area contributed by atoms with Crippen LogP contribution in [0.2, 0.25) is 0 Å². The molecule has 0 aliphatic carbocycles. The standard InChI is InChI=1S/C25H21BrN4O4S/c1-33-18-10-8-17(9-11-18)30-24(32)19-5-3-4-6-21(19)28-25(30)35-15-23(31)29-27-14-16-7-12-22(34-2)20(26)13-16/h3-14H,15H2,1-2H3,(H,29,31). The van der Waals surface area contributed by atoms with Crippen molar-refractivity contribution in [3.05, 3.63) is 87.1 Å². The summed E-state index contributed by atoms with van der Waals surface area (Å²) in [6.45, 7) is 0. The molecule has 35 heavy (non-hydrogen) atoms. The fourth-order valence-electron chi connectivity index (χ4n) is 3.27. The molecule has 0 aliphatic heterocycles. The Bertz CT molecular complexity index is 1450. The predicted octanol–water partition coefficient (Wildman–Crippen LogP) is 4.41. The van der Waals surface area contributed by atoms with Crippen LogP contribution in [0, 0.1) is 0 Å². The minimum absolute atomic E-state index is 0.0184. The molecular weight excluding hydrogens is 532 g/mol. The monoisotopic (exact) mass is 552 g/mol. The van der Waals surface area contributed by atoms with Crippen LogP contribution < -0.4 is 20.5 Å². The molecular formula is C25H21BrN4O4S. The lowest BCUT2D eigenvalue weighted by Gasteiger charge is -2.13. The zero-order valence-electron chi connectivity index (χ0n) is 18.9. The van der Waals surface area contributed by atoms with Gasteiger partial charge in [0.1, 0.15) is 11.5 Å². The molecule has 4 aromatic rings. The summed E-state index contributed by atoms with van der Waals surface area (Å²) in [7, 11) is 3.17. The molecule has 0 aliphatic rings. The highest BCUT2D eigenvalue weighted by molar-refractivity contribution is 9.10. The van der Waals surface area contributed by atoms with Crippen molar-refractivity contribution in [2.24, 2.45) is 5.10 Å². The highest BCUT2D eigenvalue weighted by atomic mass is 79.9.